The van der Waals surface area contributed by atoms with Gasteiger partial charge in [-0.1, -0.05) is 30.4 Å². The van der Waals surface area contributed by atoms with Crippen LogP contribution in [0.2, 0.25) is 0 Å². The molecule has 4 nitrogen and oxygen atoms in total. The number of thiocarbonyl (C=S) groups is 1. The largest absolute Gasteiger partial charge is 0.389 e. The number of nitrogens with one attached hydrogen (secondary N) is 1. The van der Waals surface area contributed by atoms with Crippen molar-refractivity contribution in [1.29, 1.82) is 0 Å². The van der Waals surface area contributed by atoms with Crippen molar-refractivity contribution in [3.63, 3.8) is 0 Å². The number of hydrogen-bond donors (Lipinski definition) is 2. The Kier molecular flexibility index (Phi) is 6.11. The molecule has 0 radical (unpaired) electrons. The number of sulfonamides is 1. The van der Waals surface area contributed by atoms with Crippen LogP contribution in [0.5, 0.6) is 0 Å². The third-order valence-corrected chi connectivity index (χ3v) is 4.23. The van der Waals surface area contributed by atoms with Gasteiger partial charge in [0.25, 0.3) is 0 Å². The highest BCUT2D eigenvalue weighted by Gasteiger charge is 2.27. The Hall–Kier alpha value is -1.19. The number of nitrogens with two attached hydrogens (primary N) is 1. The van der Waals surface area contributed by atoms with E-state index in [0.29, 0.717) is 11.1 Å². The number of alkyl halides is 3. The van der Waals surface area contributed by atoms with Gasteiger partial charge in [-0.15, -0.1) is 0 Å². The fourth-order valence-electron chi connectivity index (χ4n) is 1.56. The van der Waals surface area contributed by atoms with E-state index in [1.807, 2.05) is 0 Å². The predicted octanol–water partition coefficient (Wildman–Crippen LogP) is 2.08. The lowest BCUT2D eigenvalue weighted by molar-refractivity contribution is -0.134. The third-order valence-electron chi connectivity index (χ3n) is 2.58. The lowest BCUT2D eigenvalue weighted by atomic mass is 10.1. The fourth-order valence-corrected chi connectivity index (χ4v) is 2.74. The van der Waals surface area contributed by atoms with E-state index >= 15 is 0 Å². The number of hydrogen-bond acceptors (Lipinski definition) is 3. The highest BCUT2D eigenvalue weighted by atomic mass is 32.2. The molecule has 0 aliphatic rings. The van der Waals surface area contributed by atoms with Gasteiger partial charge in [-0.2, -0.15) is 13.2 Å². The minimum absolute atomic E-state index is 0.0230. The van der Waals surface area contributed by atoms with Crippen molar-refractivity contribution in [1.82, 2.24) is 4.72 Å². The maximum atomic E-state index is 12.0. The fraction of sp³-hybridized carbons (Fsp3) is 0.417. The summed E-state index contributed by atoms with van der Waals surface area (Å²) in [6.45, 7) is -0.0230. The molecule has 1 aromatic carbocycles. The van der Waals surface area contributed by atoms with Crippen LogP contribution >= 0.6 is 12.2 Å². The highest BCUT2D eigenvalue weighted by molar-refractivity contribution is 7.89. The molecule has 0 saturated heterocycles. The van der Waals surface area contributed by atoms with Crippen LogP contribution in [-0.2, 0) is 16.6 Å². The standard InChI is InChI=1S/C12H15F3N2O2S2/c13-12(14,15)5-2-6-21(18,19)17-8-9-3-1-4-10(7-9)11(16)20/h1,3-4,7,17H,2,5-6,8H2,(H2,16,20). The van der Waals surface area contributed by atoms with Crippen LogP contribution in [0, 0.1) is 0 Å². The molecule has 21 heavy (non-hydrogen) atoms. The van der Waals surface area contributed by atoms with E-state index in [1.54, 1.807) is 24.3 Å². The Balaban J connectivity index is 2.53. The average molecular weight is 340 g/mol. The summed E-state index contributed by atoms with van der Waals surface area (Å²) in [6.07, 6.45) is -5.93. The minimum atomic E-state index is -4.35. The molecule has 0 spiro atoms. The van der Waals surface area contributed by atoms with Gasteiger partial charge in [0.05, 0.1) is 5.75 Å². The summed E-state index contributed by atoms with van der Waals surface area (Å²) in [4.78, 5) is 0.185. The molecule has 9 heteroatoms. The number of rotatable bonds is 7. The van der Waals surface area contributed by atoms with Crippen LogP contribution in [0.25, 0.3) is 0 Å². The molecule has 0 heterocycles. The Bertz CT molecular complexity index is 601. The normalized spacial score (nSPS) is 12.3. The molecule has 1 aromatic rings. The Morgan fingerprint density at radius 2 is 2.00 bits per heavy atom. The zero-order valence-corrected chi connectivity index (χ0v) is 12.6. The first kappa shape index (κ1) is 17.9. The van der Waals surface area contributed by atoms with Gasteiger partial charge in [0.1, 0.15) is 4.99 Å². The highest BCUT2D eigenvalue weighted by Crippen LogP contribution is 2.21. The van der Waals surface area contributed by atoms with Crippen LogP contribution < -0.4 is 10.5 Å². The molecule has 0 saturated carbocycles. The van der Waals surface area contributed by atoms with Crippen molar-refractivity contribution in [2.45, 2.75) is 25.6 Å². The summed E-state index contributed by atoms with van der Waals surface area (Å²) < 4.78 is 61.3. The maximum absolute atomic E-state index is 12.0. The Morgan fingerprint density at radius 1 is 1.33 bits per heavy atom. The van der Waals surface area contributed by atoms with Gasteiger partial charge in [-0.25, -0.2) is 13.1 Å². The Labute approximate surface area is 126 Å². The molecule has 0 aliphatic heterocycles. The average Bonchev–Trinajstić information content (AvgIpc) is 2.35. The molecule has 0 bridgehead atoms. The molecular weight excluding hydrogens is 325 g/mol. The summed E-state index contributed by atoms with van der Waals surface area (Å²) in [5.41, 5.74) is 6.68. The lowest BCUT2D eigenvalue weighted by Gasteiger charge is -2.09. The first-order valence-corrected chi connectivity index (χ1v) is 8.08. The summed E-state index contributed by atoms with van der Waals surface area (Å²) in [5.74, 6) is -0.568. The number of benzene rings is 1. The van der Waals surface area contributed by atoms with E-state index in [9.17, 15) is 21.6 Å². The topological polar surface area (TPSA) is 72.2 Å². The van der Waals surface area contributed by atoms with Crippen molar-refractivity contribution in [3.05, 3.63) is 35.4 Å². The van der Waals surface area contributed by atoms with Gasteiger partial charge in [0, 0.05) is 18.5 Å². The van der Waals surface area contributed by atoms with Gasteiger partial charge in [0.2, 0.25) is 10.0 Å². The van der Waals surface area contributed by atoms with E-state index in [0.717, 1.165) is 0 Å². The molecule has 0 unspecified atom stereocenters. The van der Waals surface area contributed by atoms with Crippen LogP contribution in [-0.4, -0.2) is 25.3 Å². The van der Waals surface area contributed by atoms with Crippen molar-refractivity contribution < 1.29 is 21.6 Å². The van der Waals surface area contributed by atoms with E-state index in [-0.39, 0.29) is 11.5 Å². The zero-order valence-electron chi connectivity index (χ0n) is 11.0. The van der Waals surface area contributed by atoms with Crippen molar-refractivity contribution in [2.75, 3.05) is 5.75 Å². The van der Waals surface area contributed by atoms with Crippen molar-refractivity contribution >= 4 is 27.2 Å². The molecule has 118 valence electrons. The molecule has 0 aliphatic carbocycles. The van der Waals surface area contributed by atoms with E-state index in [4.69, 9.17) is 18.0 Å². The summed E-state index contributed by atoms with van der Waals surface area (Å²) in [6, 6.07) is 6.64. The third kappa shape index (κ3) is 7.39. The lowest BCUT2D eigenvalue weighted by Crippen LogP contribution is -2.26. The van der Waals surface area contributed by atoms with E-state index < -0.39 is 34.8 Å². The number of halogens is 3. The molecular formula is C12H15F3N2O2S2. The smallest absolute Gasteiger partial charge is 0.389 e. The monoisotopic (exact) mass is 340 g/mol. The van der Waals surface area contributed by atoms with E-state index in [1.165, 1.54) is 0 Å². The van der Waals surface area contributed by atoms with Crippen LogP contribution in [0.3, 0.4) is 0 Å². The second-order valence-electron chi connectivity index (χ2n) is 4.42. The van der Waals surface area contributed by atoms with Crippen LogP contribution in [0.4, 0.5) is 13.2 Å². The van der Waals surface area contributed by atoms with Gasteiger partial charge in [-0.05, 0) is 18.1 Å². The zero-order chi connectivity index (χ0) is 16.1. The second-order valence-corrected chi connectivity index (χ2v) is 6.79. The molecule has 0 amide bonds. The molecule has 3 N–H and O–H groups in total. The van der Waals surface area contributed by atoms with Gasteiger partial charge >= 0.3 is 6.18 Å². The second kappa shape index (κ2) is 7.19. The predicted molar refractivity (Wildman–Crippen MR) is 78.2 cm³/mol. The molecule has 0 atom stereocenters. The van der Waals surface area contributed by atoms with Crippen LogP contribution in [0.1, 0.15) is 24.0 Å². The van der Waals surface area contributed by atoms with Crippen molar-refractivity contribution in [3.8, 4) is 0 Å². The Morgan fingerprint density at radius 3 is 2.57 bits per heavy atom. The molecule has 0 fully saturated rings. The minimum Gasteiger partial charge on any atom is -0.389 e. The summed E-state index contributed by atoms with van der Waals surface area (Å²) in [7, 11) is -3.75. The quantitative estimate of drug-likeness (QED) is 0.746. The van der Waals surface area contributed by atoms with Crippen molar-refractivity contribution in [2.24, 2.45) is 5.73 Å². The summed E-state index contributed by atoms with van der Waals surface area (Å²) in [5, 5.41) is 0. The first-order valence-electron chi connectivity index (χ1n) is 6.02. The molecule has 1 rings (SSSR count). The first-order chi connectivity index (χ1) is 9.59. The maximum Gasteiger partial charge on any atom is 0.389 e. The van der Waals surface area contributed by atoms with Gasteiger partial charge < -0.3 is 5.73 Å². The van der Waals surface area contributed by atoms with Crippen LogP contribution in [0.15, 0.2) is 24.3 Å². The SMILES string of the molecule is NC(=S)c1cccc(CNS(=O)(=O)CCCC(F)(F)F)c1. The van der Waals surface area contributed by atoms with E-state index in [2.05, 4.69) is 4.72 Å². The van der Waals surface area contributed by atoms with Gasteiger partial charge in [-0.3, -0.25) is 0 Å². The molecule has 0 aromatic heterocycles. The summed E-state index contributed by atoms with van der Waals surface area (Å²) >= 11 is 4.80. The van der Waals surface area contributed by atoms with Gasteiger partial charge in [0.15, 0.2) is 0 Å².